The van der Waals surface area contributed by atoms with Crippen LogP contribution in [-0.2, 0) is 9.59 Å². The Labute approximate surface area is 229 Å². The molecule has 1 saturated heterocycles. The first-order chi connectivity index (χ1) is 19.0. The second kappa shape index (κ2) is 12.2. The van der Waals surface area contributed by atoms with E-state index in [4.69, 9.17) is 9.15 Å². The number of hydrogen-bond acceptors (Lipinski definition) is 8. The third kappa shape index (κ3) is 6.30. The van der Waals surface area contributed by atoms with Crippen molar-refractivity contribution in [3.05, 3.63) is 36.2 Å². The van der Waals surface area contributed by atoms with Crippen molar-refractivity contribution in [2.75, 3.05) is 20.2 Å². The van der Waals surface area contributed by atoms with Gasteiger partial charge in [0, 0.05) is 37.2 Å². The Morgan fingerprint density at radius 1 is 1.15 bits per heavy atom. The van der Waals surface area contributed by atoms with Crippen molar-refractivity contribution in [1.82, 2.24) is 25.8 Å². The molecular weight excluding hydrogens is 494 g/mol. The van der Waals surface area contributed by atoms with Gasteiger partial charge in [-0.1, -0.05) is 38.0 Å². The van der Waals surface area contributed by atoms with Crippen molar-refractivity contribution in [1.29, 1.82) is 0 Å². The van der Waals surface area contributed by atoms with Gasteiger partial charge in [-0.2, -0.15) is 0 Å². The fourth-order valence-corrected chi connectivity index (χ4v) is 5.79. The van der Waals surface area contributed by atoms with Gasteiger partial charge in [0.2, 0.25) is 17.7 Å². The number of carbonyl (C=O) groups is 2. The molecule has 1 saturated carbocycles. The van der Waals surface area contributed by atoms with Gasteiger partial charge in [-0.3, -0.25) is 9.59 Å². The van der Waals surface area contributed by atoms with Crippen molar-refractivity contribution in [2.24, 2.45) is 11.3 Å². The van der Waals surface area contributed by atoms with Crippen molar-refractivity contribution in [3.63, 3.8) is 0 Å². The van der Waals surface area contributed by atoms with Gasteiger partial charge in [0.1, 0.15) is 17.4 Å². The van der Waals surface area contributed by atoms with E-state index in [1.807, 2.05) is 37.3 Å². The van der Waals surface area contributed by atoms with Gasteiger partial charge in [-0.05, 0) is 56.1 Å². The summed E-state index contributed by atoms with van der Waals surface area (Å²) in [7, 11) is 1.57. The Kier molecular flexibility index (Phi) is 8.55. The number of nitrogens with zero attached hydrogens (tertiary/aromatic N) is 3. The van der Waals surface area contributed by atoms with Gasteiger partial charge in [0.15, 0.2) is 0 Å². The molecule has 3 aromatic rings. The van der Waals surface area contributed by atoms with Gasteiger partial charge in [0.05, 0.1) is 12.6 Å². The summed E-state index contributed by atoms with van der Waals surface area (Å²) in [6.45, 7) is 4.04. The van der Waals surface area contributed by atoms with E-state index in [1.165, 1.54) is 0 Å². The number of fused-ring (bicyclic) bond motifs is 1. The number of para-hydroxylation sites is 1. The number of amides is 1. The van der Waals surface area contributed by atoms with E-state index in [9.17, 15) is 9.59 Å². The molecule has 1 aromatic carbocycles. The van der Waals surface area contributed by atoms with Crippen LogP contribution >= 0.6 is 0 Å². The van der Waals surface area contributed by atoms with E-state index in [-0.39, 0.29) is 23.7 Å². The molecule has 9 nitrogen and oxygen atoms in total. The van der Waals surface area contributed by atoms with Crippen LogP contribution in [0.3, 0.4) is 0 Å². The number of benzene rings is 1. The van der Waals surface area contributed by atoms with Crippen molar-refractivity contribution in [2.45, 2.75) is 77.2 Å². The van der Waals surface area contributed by atoms with Crippen LogP contribution in [-0.4, -0.2) is 47.1 Å². The summed E-state index contributed by atoms with van der Waals surface area (Å²) in [5.74, 6) is 1.46. The molecule has 1 spiro atoms. The molecule has 1 aliphatic heterocycles. The van der Waals surface area contributed by atoms with Crippen LogP contribution in [0.1, 0.15) is 83.1 Å². The summed E-state index contributed by atoms with van der Waals surface area (Å²) in [5, 5.41) is 16.2. The lowest BCUT2D eigenvalue weighted by atomic mass is 9.67. The maximum absolute atomic E-state index is 13.3. The zero-order valence-electron chi connectivity index (χ0n) is 23.0. The van der Waals surface area contributed by atoms with E-state index >= 15 is 0 Å². The molecule has 5 rings (SSSR count). The van der Waals surface area contributed by atoms with Crippen LogP contribution < -0.4 is 15.4 Å². The second-order valence-electron chi connectivity index (χ2n) is 11.1. The molecule has 2 aromatic heterocycles. The van der Waals surface area contributed by atoms with Crippen molar-refractivity contribution in [3.8, 4) is 17.3 Å². The highest BCUT2D eigenvalue weighted by molar-refractivity contribution is 5.84. The smallest absolute Gasteiger partial charge is 0.253 e. The maximum atomic E-state index is 13.3. The molecule has 1 atom stereocenters. The molecule has 208 valence electrons. The molecule has 1 amide bonds. The summed E-state index contributed by atoms with van der Waals surface area (Å²) in [5.41, 5.74) is 1.83. The number of aromatic nitrogens is 3. The zero-order chi connectivity index (χ0) is 27.2. The minimum Gasteiger partial charge on any atom is -0.480 e. The monoisotopic (exact) mass is 533 g/mol. The van der Waals surface area contributed by atoms with Gasteiger partial charge in [0.25, 0.3) is 5.89 Å². The number of hydrogen-bond donors (Lipinski definition) is 2. The van der Waals surface area contributed by atoms with Crippen LogP contribution in [0.25, 0.3) is 22.4 Å². The molecule has 3 heterocycles. The van der Waals surface area contributed by atoms with Gasteiger partial charge < -0.3 is 19.8 Å². The van der Waals surface area contributed by atoms with Crippen LogP contribution in [0.15, 0.2) is 34.7 Å². The normalized spacial score (nSPS) is 17.6. The average molecular weight is 534 g/mol. The molecule has 2 fully saturated rings. The predicted molar refractivity (Wildman–Crippen MR) is 148 cm³/mol. The number of ketones is 1. The average Bonchev–Trinajstić information content (AvgIpc) is 3.44. The lowest BCUT2D eigenvalue weighted by Crippen LogP contribution is -2.55. The third-order valence-corrected chi connectivity index (χ3v) is 8.43. The number of ether oxygens (including phenoxy) is 1. The fourth-order valence-electron chi connectivity index (χ4n) is 5.79. The van der Waals surface area contributed by atoms with E-state index in [0.29, 0.717) is 47.9 Å². The molecule has 2 N–H and O–H groups in total. The Bertz CT molecular complexity index is 1290. The van der Waals surface area contributed by atoms with Crippen molar-refractivity contribution >= 4 is 22.6 Å². The summed E-state index contributed by atoms with van der Waals surface area (Å²) >= 11 is 0. The quantitative estimate of drug-likeness (QED) is 0.307. The molecule has 0 radical (unpaired) electrons. The molecular formula is C30H39N5O4. The molecule has 0 unspecified atom stereocenters. The largest absolute Gasteiger partial charge is 0.480 e. The van der Waals surface area contributed by atoms with E-state index in [2.05, 4.69) is 25.8 Å². The topological polar surface area (TPSA) is 119 Å². The highest BCUT2D eigenvalue weighted by atomic mass is 16.5. The second-order valence-corrected chi connectivity index (χ2v) is 11.1. The number of Topliss-reactive ketones (excluding diaryl/α,β-unsaturated/α-hetero) is 1. The summed E-state index contributed by atoms with van der Waals surface area (Å²) < 4.78 is 11.7. The Morgan fingerprint density at radius 3 is 2.67 bits per heavy atom. The highest BCUT2D eigenvalue weighted by Gasteiger charge is 2.42. The number of pyridine rings is 1. The van der Waals surface area contributed by atoms with E-state index < -0.39 is 0 Å². The first-order valence-corrected chi connectivity index (χ1v) is 14.3. The number of methoxy groups -OCH3 is 1. The first-order valence-electron chi connectivity index (χ1n) is 14.3. The molecule has 9 heteroatoms. The van der Waals surface area contributed by atoms with E-state index in [1.54, 1.807) is 7.11 Å². The zero-order valence-corrected chi connectivity index (χ0v) is 23.0. The van der Waals surface area contributed by atoms with Gasteiger partial charge in [-0.25, -0.2) is 4.98 Å². The fraction of sp³-hybridized carbons (Fsp3) is 0.567. The number of nitrogens with one attached hydrogen (secondary N) is 2. The third-order valence-electron chi connectivity index (χ3n) is 8.43. The summed E-state index contributed by atoms with van der Waals surface area (Å²) in [6.07, 6.45) is 8.45. The van der Waals surface area contributed by atoms with Crippen LogP contribution in [0.4, 0.5) is 0 Å². The van der Waals surface area contributed by atoms with Crippen molar-refractivity contribution < 1.29 is 18.7 Å². The first kappa shape index (κ1) is 27.2. The predicted octanol–water partition coefficient (Wildman–Crippen LogP) is 5.16. The molecule has 1 aliphatic carbocycles. The summed E-state index contributed by atoms with van der Waals surface area (Å²) in [4.78, 5) is 29.6. The van der Waals surface area contributed by atoms with Crippen LogP contribution in [0.5, 0.6) is 5.88 Å². The SMILES string of the molecule is CCC(=O)CCCCC[C@H](NC(=O)C1CCC2(CC1)CNC2)c1nnc(-c2cc3ccccc3nc2OC)o1. The summed E-state index contributed by atoms with van der Waals surface area (Å²) in [6, 6.07) is 9.33. The molecule has 39 heavy (non-hydrogen) atoms. The number of rotatable bonds is 12. The minimum atomic E-state index is -0.388. The lowest BCUT2D eigenvalue weighted by molar-refractivity contribution is -0.128. The molecule has 0 bridgehead atoms. The Balaban J connectivity index is 1.31. The molecule has 2 aliphatic rings. The lowest BCUT2D eigenvalue weighted by Gasteiger charge is -2.47. The standard InChI is InChI=1S/C30H39N5O4/c1-3-22(36)10-5-4-6-12-25(32-26(37)20-13-15-30(16-14-20)18-31-19-30)29-35-34-28(39-29)23-17-21-9-7-8-11-24(21)33-27(23)38-2/h7-9,11,17,20,25,31H,3-6,10,12-16,18-19H2,1-2H3,(H,32,37)/t25-/m0/s1. The highest BCUT2D eigenvalue weighted by Crippen LogP contribution is 2.42. The van der Waals surface area contributed by atoms with Gasteiger partial charge in [-0.15, -0.1) is 10.2 Å². The van der Waals surface area contributed by atoms with E-state index in [0.717, 1.165) is 68.9 Å². The van der Waals surface area contributed by atoms with Crippen LogP contribution in [0, 0.1) is 11.3 Å². The van der Waals surface area contributed by atoms with Gasteiger partial charge >= 0.3 is 0 Å². The minimum absolute atomic E-state index is 0.00748. The maximum Gasteiger partial charge on any atom is 0.253 e. The Morgan fingerprint density at radius 2 is 1.95 bits per heavy atom. The Hall–Kier alpha value is -3.33. The number of unbranched alkanes of at least 4 members (excludes halogenated alkanes) is 2. The van der Waals surface area contributed by atoms with Crippen LogP contribution in [0.2, 0.25) is 0 Å². The number of carbonyl (C=O) groups excluding carboxylic acids is 2.